The largest absolute Gasteiger partial charge is 0.504 e. The Hall–Kier alpha value is -3.80. The van der Waals surface area contributed by atoms with Crippen molar-refractivity contribution in [2.75, 3.05) is 18.9 Å². The van der Waals surface area contributed by atoms with Gasteiger partial charge in [-0.15, -0.1) is 0 Å². The van der Waals surface area contributed by atoms with Crippen molar-refractivity contribution in [1.82, 2.24) is 9.88 Å². The minimum absolute atomic E-state index is 0.0235. The van der Waals surface area contributed by atoms with E-state index >= 15 is 0 Å². The molecule has 0 radical (unpaired) electrons. The number of pyridine rings is 1. The van der Waals surface area contributed by atoms with Gasteiger partial charge in [0.1, 0.15) is 17.5 Å². The van der Waals surface area contributed by atoms with Crippen molar-refractivity contribution in [1.29, 1.82) is 5.26 Å². The van der Waals surface area contributed by atoms with Gasteiger partial charge in [-0.2, -0.15) is 5.26 Å². The number of carbonyl (C=O) groups is 2. The van der Waals surface area contributed by atoms with Gasteiger partial charge in [-0.25, -0.2) is 4.98 Å². The molecule has 1 aromatic carbocycles. The average Bonchev–Trinajstić information content (AvgIpc) is 2.69. The predicted molar refractivity (Wildman–Crippen MR) is 105 cm³/mol. The molecule has 0 aliphatic carbocycles. The van der Waals surface area contributed by atoms with Crippen LogP contribution in [0.2, 0.25) is 0 Å². The molecule has 2 heterocycles. The van der Waals surface area contributed by atoms with Gasteiger partial charge >= 0.3 is 0 Å². The maximum Gasteiger partial charge on any atom is 0.290 e. The lowest BCUT2D eigenvalue weighted by atomic mass is 9.91. The standard InChI is InChI=1S/C19H20N4O3.CH2O2/c1-3-26-17-8-12(4-5-16(17)25)18-13(9-20)19(21)22-15-6-7-23(11(2)24)10-14(15)18;2-1-3/h4-5,8,25H,3,6-7,10H2,1-2H3,(H2,21,22);1H,(H,2,3). The molecule has 0 saturated carbocycles. The van der Waals surface area contributed by atoms with Gasteiger partial charge < -0.3 is 25.6 Å². The van der Waals surface area contributed by atoms with Gasteiger partial charge in [-0.1, -0.05) is 6.07 Å². The molecule has 1 aromatic heterocycles. The molecule has 1 amide bonds. The van der Waals surface area contributed by atoms with Gasteiger partial charge in [-0.05, 0) is 24.6 Å². The maximum atomic E-state index is 11.8. The zero-order chi connectivity index (χ0) is 21.6. The second-order valence-corrected chi connectivity index (χ2v) is 6.20. The van der Waals surface area contributed by atoms with Gasteiger partial charge in [0.25, 0.3) is 6.47 Å². The van der Waals surface area contributed by atoms with E-state index in [1.54, 1.807) is 17.0 Å². The summed E-state index contributed by atoms with van der Waals surface area (Å²) < 4.78 is 5.46. The number of nitriles is 1. The fraction of sp³-hybridized carbons (Fsp3) is 0.300. The molecule has 3 rings (SSSR count). The lowest BCUT2D eigenvalue weighted by molar-refractivity contribution is -0.129. The van der Waals surface area contributed by atoms with Crippen LogP contribution < -0.4 is 10.5 Å². The van der Waals surface area contributed by atoms with E-state index in [4.69, 9.17) is 20.4 Å². The fourth-order valence-corrected chi connectivity index (χ4v) is 3.22. The number of aromatic hydroxyl groups is 1. The number of phenols is 1. The number of anilines is 1. The third kappa shape index (κ3) is 4.55. The molecule has 9 nitrogen and oxygen atoms in total. The van der Waals surface area contributed by atoms with Crippen LogP contribution in [0.1, 0.15) is 30.7 Å². The molecule has 0 fully saturated rings. The zero-order valence-corrected chi connectivity index (χ0v) is 16.2. The number of benzene rings is 1. The first kappa shape index (κ1) is 21.5. The molecule has 4 N–H and O–H groups in total. The number of ether oxygens (including phenoxy) is 1. The number of fused-ring (bicyclic) bond motifs is 1. The van der Waals surface area contributed by atoms with Crippen molar-refractivity contribution in [3.8, 4) is 28.7 Å². The second kappa shape index (κ2) is 9.41. The van der Waals surface area contributed by atoms with Crippen molar-refractivity contribution in [2.24, 2.45) is 0 Å². The van der Waals surface area contributed by atoms with Crippen LogP contribution in [0.5, 0.6) is 11.5 Å². The number of hydrogen-bond donors (Lipinski definition) is 3. The summed E-state index contributed by atoms with van der Waals surface area (Å²) in [6.45, 7) is 4.43. The number of nitrogen functional groups attached to an aromatic ring is 1. The van der Waals surface area contributed by atoms with Gasteiger partial charge in [-0.3, -0.25) is 9.59 Å². The molecule has 0 atom stereocenters. The molecule has 0 unspecified atom stereocenters. The van der Waals surface area contributed by atoms with E-state index in [0.717, 1.165) is 11.3 Å². The fourth-order valence-electron chi connectivity index (χ4n) is 3.22. The van der Waals surface area contributed by atoms with Crippen molar-refractivity contribution < 1.29 is 24.5 Å². The number of rotatable bonds is 3. The molecular formula is C20H22N4O5. The quantitative estimate of drug-likeness (QED) is 0.664. The monoisotopic (exact) mass is 398 g/mol. The van der Waals surface area contributed by atoms with Crippen LogP contribution in [-0.2, 0) is 22.6 Å². The number of nitrogens with zero attached hydrogens (tertiary/aromatic N) is 3. The van der Waals surface area contributed by atoms with Gasteiger partial charge in [0.2, 0.25) is 5.91 Å². The van der Waals surface area contributed by atoms with E-state index in [2.05, 4.69) is 11.1 Å². The first-order valence-electron chi connectivity index (χ1n) is 8.88. The summed E-state index contributed by atoms with van der Waals surface area (Å²) in [5, 5.41) is 26.5. The molecular weight excluding hydrogens is 376 g/mol. The Morgan fingerprint density at radius 2 is 2.17 bits per heavy atom. The SMILES string of the molecule is CCOc1cc(-c2c(C#N)c(N)nc3c2CN(C(C)=O)CC3)ccc1O.O=CO. The average molecular weight is 398 g/mol. The summed E-state index contributed by atoms with van der Waals surface area (Å²) in [7, 11) is 0. The number of aromatic nitrogens is 1. The molecule has 1 aliphatic heterocycles. The molecule has 0 bridgehead atoms. The summed E-state index contributed by atoms with van der Waals surface area (Å²) in [6, 6.07) is 7.04. The Balaban J connectivity index is 0.000000941. The number of hydrogen-bond acceptors (Lipinski definition) is 7. The third-order valence-electron chi connectivity index (χ3n) is 4.48. The maximum absolute atomic E-state index is 11.8. The highest BCUT2D eigenvalue weighted by Crippen LogP contribution is 2.38. The molecule has 29 heavy (non-hydrogen) atoms. The van der Waals surface area contributed by atoms with E-state index in [9.17, 15) is 15.2 Å². The number of phenolic OH excluding ortho intramolecular Hbond substituents is 1. The van der Waals surface area contributed by atoms with Crippen LogP contribution in [0.4, 0.5) is 5.82 Å². The highest BCUT2D eigenvalue weighted by molar-refractivity contribution is 5.81. The van der Waals surface area contributed by atoms with Crippen molar-refractivity contribution in [2.45, 2.75) is 26.8 Å². The van der Waals surface area contributed by atoms with Crippen LogP contribution >= 0.6 is 0 Å². The number of amides is 1. The van der Waals surface area contributed by atoms with E-state index in [-0.39, 0.29) is 29.5 Å². The molecule has 0 spiro atoms. The van der Waals surface area contributed by atoms with E-state index in [1.807, 2.05) is 6.92 Å². The lowest BCUT2D eigenvalue weighted by Gasteiger charge is -2.30. The first-order chi connectivity index (χ1) is 13.9. The second-order valence-electron chi connectivity index (χ2n) is 6.20. The molecule has 9 heteroatoms. The Labute approximate surface area is 168 Å². The zero-order valence-electron chi connectivity index (χ0n) is 16.2. The summed E-state index contributed by atoms with van der Waals surface area (Å²) in [5.74, 6) is 0.494. The molecule has 152 valence electrons. The van der Waals surface area contributed by atoms with Crippen molar-refractivity contribution in [3.05, 3.63) is 35.0 Å². The first-order valence-corrected chi connectivity index (χ1v) is 8.88. The highest BCUT2D eigenvalue weighted by Gasteiger charge is 2.26. The topological polar surface area (TPSA) is 150 Å². The summed E-state index contributed by atoms with van der Waals surface area (Å²) >= 11 is 0. The van der Waals surface area contributed by atoms with E-state index < -0.39 is 0 Å². The number of carbonyl (C=O) groups excluding carboxylic acids is 1. The van der Waals surface area contributed by atoms with Crippen LogP contribution in [0.15, 0.2) is 18.2 Å². The summed E-state index contributed by atoms with van der Waals surface area (Å²) in [5.41, 5.74) is 9.22. The summed E-state index contributed by atoms with van der Waals surface area (Å²) in [4.78, 5) is 26.3. The summed E-state index contributed by atoms with van der Waals surface area (Å²) in [6.07, 6.45) is 0.578. The van der Waals surface area contributed by atoms with Crippen molar-refractivity contribution >= 4 is 18.2 Å². The smallest absolute Gasteiger partial charge is 0.290 e. The van der Waals surface area contributed by atoms with Gasteiger partial charge in [0, 0.05) is 37.6 Å². The van der Waals surface area contributed by atoms with Crippen LogP contribution in [-0.4, -0.2) is 45.6 Å². The van der Waals surface area contributed by atoms with E-state index in [1.165, 1.54) is 13.0 Å². The van der Waals surface area contributed by atoms with E-state index in [0.29, 0.717) is 43.0 Å². The molecule has 2 aromatic rings. The number of carboxylic acid groups (broad SMARTS) is 1. The minimum atomic E-state index is -0.250. The van der Waals surface area contributed by atoms with Crippen molar-refractivity contribution in [3.63, 3.8) is 0 Å². The Bertz CT molecular complexity index is 968. The molecule has 1 aliphatic rings. The third-order valence-corrected chi connectivity index (χ3v) is 4.48. The van der Waals surface area contributed by atoms with Gasteiger partial charge in [0.05, 0.1) is 12.3 Å². The predicted octanol–water partition coefficient (Wildman–Crippen LogP) is 1.91. The van der Waals surface area contributed by atoms with Crippen LogP contribution in [0, 0.1) is 11.3 Å². The van der Waals surface area contributed by atoms with Gasteiger partial charge in [0.15, 0.2) is 11.5 Å². The number of nitrogens with two attached hydrogens (primary N) is 1. The lowest BCUT2D eigenvalue weighted by Crippen LogP contribution is -2.35. The van der Waals surface area contributed by atoms with Crippen LogP contribution in [0.3, 0.4) is 0 Å². The van der Waals surface area contributed by atoms with Crippen LogP contribution in [0.25, 0.3) is 11.1 Å². The normalized spacial score (nSPS) is 12.1. The minimum Gasteiger partial charge on any atom is -0.504 e. The Kier molecular flexibility index (Phi) is 6.98. The Morgan fingerprint density at radius 3 is 2.76 bits per heavy atom. The molecule has 0 saturated heterocycles. The Morgan fingerprint density at radius 1 is 1.48 bits per heavy atom. The highest BCUT2D eigenvalue weighted by atomic mass is 16.5.